The Balaban J connectivity index is 1.59. The normalized spacial score (nSPS) is 14.7. The minimum atomic E-state index is -0.675. The topological polar surface area (TPSA) is 107 Å². The maximum atomic E-state index is 13.2. The number of hydrogen-bond donors (Lipinski definition) is 1. The van der Waals surface area contributed by atoms with E-state index in [4.69, 9.17) is 4.74 Å². The lowest BCUT2D eigenvalue weighted by molar-refractivity contribution is -0.159. The van der Waals surface area contributed by atoms with Gasteiger partial charge in [0.25, 0.3) is 0 Å². The summed E-state index contributed by atoms with van der Waals surface area (Å²) in [7, 11) is 1.83. The summed E-state index contributed by atoms with van der Waals surface area (Å²) in [6.45, 7) is 9.51. The Labute approximate surface area is 192 Å². The Morgan fingerprint density at radius 3 is 2.73 bits per heavy atom. The number of esters is 1. The molecule has 10 heteroatoms. The number of aryl methyl sites for hydroxylation is 2. The van der Waals surface area contributed by atoms with Gasteiger partial charge in [-0.1, -0.05) is 0 Å². The fourth-order valence-electron chi connectivity index (χ4n) is 3.76. The van der Waals surface area contributed by atoms with Crippen molar-refractivity contribution in [1.29, 1.82) is 0 Å². The van der Waals surface area contributed by atoms with Crippen LogP contribution < -0.4 is 5.32 Å². The first-order valence-electron chi connectivity index (χ1n) is 10.9. The van der Waals surface area contributed by atoms with Gasteiger partial charge in [-0.05, 0) is 46.2 Å². The molecule has 4 rings (SSSR count). The lowest BCUT2D eigenvalue weighted by Crippen LogP contribution is -2.50. The Morgan fingerprint density at radius 1 is 1.30 bits per heavy atom. The summed E-state index contributed by atoms with van der Waals surface area (Å²) in [6.07, 6.45) is 5.84. The van der Waals surface area contributed by atoms with E-state index in [1.54, 1.807) is 39.7 Å². The molecule has 174 valence electrons. The summed E-state index contributed by atoms with van der Waals surface area (Å²) >= 11 is 0. The predicted molar refractivity (Wildman–Crippen MR) is 123 cm³/mol. The average molecular weight is 452 g/mol. The van der Waals surface area contributed by atoms with E-state index in [2.05, 4.69) is 20.4 Å². The molecule has 0 radical (unpaired) electrons. The van der Waals surface area contributed by atoms with Crippen LogP contribution in [0.1, 0.15) is 39.0 Å². The molecule has 3 aromatic rings. The van der Waals surface area contributed by atoms with Gasteiger partial charge in [-0.15, -0.1) is 0 Å². The van der Waals surface area contributed by atoms with Crippen molar-refractivity contribution in [3.05, 3.63) is 42.0 Å². The van der Waals surface area contributed by atoms with Crippen molar-refractivity contribution in [2.24, 2.45) is 7.05 Å². The Morgan fingerprint density at radius 2 is 2.06 bits per heavy atom. The molecule has 1 aliphatic rings. The molecule has 0 saturated heterocycles. The van der Waals surface area contributed by atoms with Gasteiger partial charge in [0.05, 0.1) is 11.9 Å². The maximum Gasteiger partial charge on any atom is 0.329 e. The van der Waals surface area contributed by atoms with Gasteiger partial charge in [0, 0.05) is 49.7 Å². The number of carbonyl (C=O) groups excluding carboxylic acids is 2. The van der Waals surface area contributed by atoms with Gasteiger partial charge in [-0.25, -0.2) is 19.6 Å². The van der Waals surface area contributed by atoms with Crippen LogP contribution in [0.2, 0.25) is 0 Å². The third-order valence-electron chi connectivity index (χ3n) is 5.48. The van der Waals surface area contributed by atoms with Gasteiger partial charge in [0.15, 0.2) is 0 Å². The number of ether oxygens (including phenoxy) is 1. The minimum Gasteiger partial charge on any atom is -0.458 e. The lowest BCUT2D eigenvalue weighted by Gasteiger charge is -2.33. The molecular formula is C23H29N7O3. The van der Waals surface area contributed by atoms with Crippen molar-refractivity contribution in [3.63, 3.8) is 0 Å². The van der Waals surface area contributed by atoms with Crippen molar-refractivity contribution in [1.82, 2.24) is 29.2 Å². The number of anilines is 2. The number of rotatable bonds is 5. The van der Waals surface area contributed by atoms with Gasteiger partial charge < -0.3 is 15.0 Å². The van der Waals surface area contributed by atoms with E-state index in [-0.39, 0.29) is 6.03 Å². The molecule has 0 aromatic carbocycles. The Kier molecular flexibility index (Phi) is 5.69. The van der Waals surface area contributed by atoms with Gasteiger partial charge in [-0.3, -0.25) is 9.25 Å². The first kappa shape index (κ1) is 22.5. The first-order chi connectivity index (χ1) is 15.5. The minimum absolute atomic E-state index is 0.249. The zero-order valence-electron chi connectivity index (χ0n) is 19.8. The van der Waals surface area contributed by atoms with Crippen molar-refractivity contribution in [2.45, 2.75) is 52.7 Å². The smallest absolute Gasteiger partial charge is 0.329 e. The van der Waals surface area contributed by atoms with Crippen LogP contribution in [-0.4, -0.2) is 59.4 Å². The van der Waals surface area contributed by atoms with Gasteiger partial charge in [0.1, 0.15) is 17.5 Å². The summed E-state index contributed by atoms with van der Waals surface area (Å²) in [4.78, 5) is 36.3. The summed E-state index contributed by atoms with van der Waals surface area (Å²) < 4.78 is 8.76. The molecule has 1 aliphatic heterocycles. The molecule has 1 amide bonds. The van der Waals surface area contributed by atoms with E-state index in [0.717, 1.165) is 28.3 Å². The average Bonchev–Trinajstić information content (AvgIpc) is 3.35. The number of aromatic nitrogens is 5. The van der Waals surface area contributed by atoms with E-state index in [1.807, 2.05) is 46.9 Å². The highest BCUT2D eigenvalue weighted by Gasteiger charge is 2.34. The van der Waals surface area contributed by atoms with E-state index < -0.39 is 17.6 Å². The second kappa shape index (κ2) is 8.34. The zero-order chi connectivity index (χ0) is 23.9. The van der Waals surface area contributed by atoms with Crippen LogP contribution in [0.5, 0.6) is 0 Å². The van der Waals surface area contributed by atoms with Crippen molar-refractivity contribution >= 4 is 23.8 Å². The van der Waals surface area contributed by atoms with Crippen LogP contribution in [0.25, 0.3) is 11.3 Å². The van der Waals surface area contributed by atoms with E-state index in [9.17, 15) is 9.59 Å². The molecule has 0 saturated carbocycles. The largest absolute Gasteiger partial charge is 0.458 e. The first-order valence-corrected chi connectivity index (χ1v) is 10.9. The van der Waals surface area contributed by atoms with Crippen molar-refractivity contribution in [3.8, 4) is 11.3 Å². The number of nitrogens with one attached hydrogen (secondary N) is 1. The molecule has 10 nitrogen and oxygen atoms in total. The van der Waals surface area contributed by atoms with Crippen LogP contribution in [-0.2, 0) is 23.0 Å². The van der Waals surface area contributed by atoms with Gasteiger partial charge in [-0.2, -0.15) is 5.10 Å². The fourth-order valence-corrected chi connectivity index (χ4v) is 3.76. The highest BCUT2D eigenvalue weighted by atomic mass is 16.6. The monoisotopic (exact) mass is 451 g/mol. The van der Waals surface area contributed by atoms with Gasteiger partial charge >= 0.3 is 12.0 Å². The molecule has 0 bridgehead atoms. The van der Waals surface area contributed by atoms with E-state index >= 15 is 0 Å². The third kappa shape index (κ3) is 4.59. The number of amides is 1. The summed E-state index contributed by atoms with van der Waals surface area (Å²) in [5.41, 5.74) is 2.71. The number of hydrogen-bond acceptors (Lipinski definition) is 7. The van der Waals surface area contributed by atoms with E-state index in [0.29, 0.717) is 18.9 Å². The highest BCUT2D eigenvalue weighted by Crippen LogP contribution is 2.28. The summed E-state index contributed by atoms with van der Waals surface area (Å²) in [5.74, 6) is 0.794. The van der Waals surface area contributed by atoms with Crippen LogP contribution in [0.4, 0.5) is 16.6 Å². The number of fused-ring (bicyclic) bond motifs is 1. The molecule has 3 aromatic heterocycles. The molecule has 0 fully saturated rings. The molecule has 33 heavy (non-hydrogen) atoms. The van der Waals surface area contributed by atoms with Crippen molar-refractivity contribution < 1.29 is 14.3 Å². The molecule has 1 atom stereocenters. The van der Waals surface area contributed by atoms with Crippen LogP contribution in [0, 0.1) is 6.92 Å². The maximum absolute atomic E-state index is 13.2. The Hall–Kier alpha value is -3.69. The summed E-state index contributed by atoms with van der Waals surface area (Å²) in [6, 6.07) is 2.88. The zero-order valence-corrected chi connectivity index (χ0v) is 19.8. The standard InChI is InChI=1S/C23H29N7O3/c1-14-12-24-21(26-18-7-9-25-28(18)6)27-19(14)16-11-17-8-10-29(22(32)30(17)13-16)15(2)20(31)33-23(3,4)5/h7,9,11-13,15H,8,10H2,1-6H3,(H,24,26,27). The highest BCUT2D eigenvalue weighted by molar-refractivity contribution is 5.87. The van der Waals surface area contributed by atoms with Gasteiger partial charge in [0.2, 0.25) is 5.95 Å². The Bertz CT molecular complexity index is 1210. The van der Waals surface area contributed by atoms with Crippen LogP contribution >= 0.6 is 0 Å². The molecule has 1 unspecified atom stereocenters. The second-order valence-corrected chi connectivity index (χ2v) is 9.22. The van der Waals surface area contributed by atoms with Crippen LogP contribution in [0.15, 0.2) is 30.7 Å². The second-order valence-electron chi connectivity index (χ2n) is 9.22. The SMILES string of the molecule is Cc1cnc(Nc2ccnn2C)nc1-c1cc2n(c1)C(=O)N(C(C)C(=O)OC(C)(C)C)CC2. The number of nitrogens with zero attached hydrogens (tertiary/aromatic N) is 6. The quantitative estimate of drug-likeness (QED) is 0.593. The predicted octanol–water partition coefficient (Wildman–Crippen LogP) is 3.29. The van der Waals surface area contributed by atoms with Crippen LogP contribution in [0.3, 0.4) is 0 Å². The van der Waals surface area contributed by atoms with E-state index in [1.165, 1.54) is 0 Å². The third-order valence-corrected chi connectivity index (χ3v) is 5.48. The lowest BCUT2D eigenvalue weighted by atomic mass is 10.1. The molecule has 1 N–H and O–H groups in total. The van der Waals surface area contributed by atoms with Crippen molar-refractivity contribution in [2.75, 3.05) is 11.9 Å². The number of carbonyl (C=O) groups is 2. The molecular weight excluding hydrogens is 422 g/mol. The molecule has 0 spiro atoms. The summed E-state index contributed by atoms with van der Waals surface area (Å²) in [5, 5.41) is 7.29. The fraction of sp³-hybridized carbons (Fsp3) is 0.435. The molecule has 0 aliphatic carbocycles. The molecule has 4 heterocycles.